The molecule has 1 saturated carbocycles. The third-order valence-corrected chi connectivity index (χ3v) is 6.72. The standard InChI is InChI=1S/C22H21N5O2S2/c1-14-23-19(12-30-14)16-4-2-5-17(10-16)24-20(28)13-31-22-26-25-21(15-7-8-15)27(22)11-18-6-3-9-29-18/h2-6,9-10,12,15H,7-8,11,13H2,1H3,(H,24,28). The summed E-state index contributed by atoms with van der Waals surface area (Å²) in [5, 5.41) is 15.5. The number of furan rings is 1. The lowest BCUT2D eigenvalue weighted by atomic mass is 10.1. The van der Waals surface area contributed by atoms with Crippen molar-refractivity contribution in [2.24, 2.45) is 0 Å². The number of aryl methyl sites for hydroxylation is 1. The maximum Gasteiger partial charge on any atom is 0.234 e. The summed E-state index contributed by atoms with van der Waals surface area (Å²) in [6, 6.07) is 11.6. The van der Waals surface area contributed by atoms with Crippen LogP contribution >= 0.6 is 23.1 Å². The Morgan fingerprint density at radius 1 is 1.29 bits per heavy atom. The number of rotatable bonds is 8. The molecule has 0 atom stereocenters. The van der Waals surface area contributed by atoms with Gasteiger partial charge in [-0.3, -0.25) is 9.36 Å². The summed E-state index contributed by atoms with van der Waals surface area (Å²) in [7, 11) is 0. The van der Waals surface area contributed by atoms with Crippen molar-refractivity contribution in [3.8, 4) is 11.3 Å². The number of nitrogens with one attached hydrogen (secondary N) is 1. The number of hydrogen-bond donors (Lipinski definition) is 1. The molecule has 1 fully saturated rings. The topological polar surface area (TPSA) is 85.8 Å². The van der Waals surface area contributed by atoms with Crippen LogP contribution < -0.4 is 5.32 Å². The van der Waals surface area contributed by atoms with Crippen LogP contribution in [0, 0.1) is 6.92 Å². The van der Waals surface area contributed by atoms with Crippen LogP contribution in [0.15, 0.2) is 57.6 Å². The van der Waals surface area contributed by atoms with Gasteiger partial charge < -0.3 is 9.73 Å². The summed E-state index contributed by atoms with van der Waals surface area (Å²) in [5.41, 5.74) is 2.66. The van der Waals surface area contributed by atoms with Crippen molar-refractivity contribution in [1.82, 2.24) is 19.7 Å². The van der Waals surface area contributed by atoms with Crippen molar-refractivity contribution < 1.29 is 9.21 Å². The SMILES string of the molecule is Cc1nc(-c2cccc(NC(=O)CSc3nnc(C4CC4)n3Cc3ccco3)c2)cs1. The van der Waals surface area contributed by atoms with E-state index in [1.807, 2.05) is 48.7 Å². The van der Waals surface area contributed by atoms with Gasteiger partial charge in [0.2, 0.25) is 5.91 Å². The zero-order valence-electron chi connectivity index (χ0n) is 16.9. The molecule has 3 aromatic heterocycles. The fourth-order valence-corrected chi connectivity index (χ4v) is 4.70. The Morgan fingerprint density at radius 3 is 2.94 bits per heavy atom. The molecule has 1 aliphatic rings. The molecule has 7 nitrogen and oxygen atoms in total. The molecular formula is C22H21N5O2S2. The molecule has 1 aliphatic carbocycles. The first kappa shape index (κ1) is 20.0. The number of nitrogens with zero attached hydrogens (tertiary/aromatic N) is 4. The Labute approximate surface area is 187 Å². The lowest BCUT2D eigenvalue weighted by molar-refractivity contribution is -0.113. The fraction of sp³-hybridized carbons (Fsp3) is 0.273. The van der Waals surface area contributed by atoms with Gasteiger partial charge in [0, 0.05) is 22.5 Å². The molecule has 31 heavy (non-hydrogen) atoms. The summed E-state index contributed by atoms with van der Waals surface area (Å²) in [4.78, 5) is 17.1. The molecule has 1 N–H and O–H groups in total. The Hall–Kier alpha value is -2.91. The summed E-state index contributed by atoms with van der Waals surface area (Å²) in [6.45, 7) is 2.56. The van der Waals surface area contributed by atoms with Gasteiger partial charge >= 0.3 is 0 Å². The monoisotopic (exact) mass is 451 g/mol. The molecule has 158 valence electrons. The number of anilines is 1. The van der Waals surface area contributed by atoms with E-state index >= 15 is 0 Å². The summed E-state index contributed by atoms with van der Waals surface area (Å²) < 4.78 is 7.57. The number of thioether (sulfide) groups is 1. The Morgan fingerprint density at radius 2 is 2.19 bits per heavy atom. The molecule has 9 heteroatoms. The van der Waals surface area contributed by atoms with Gasteiger partial charge in [-0.2, -0.15) is 0 Å². The Kier molecular flexibility index (Phi) is 5.61. The number of carbonyl (C=O) groups excluding carboxylic acids is 1. The zero-order valence-corrected chi connectivity index (χ0v) is 18.6. The van der Waals surface area contributed by atoms with Crippen LogP contribution in [0.4, 0.5) is 5.69 Å². The third-order valence-electron chi connectivity index (χ3n) is 4.98. The minimum Gasteiger partial charge on any atom is -0.467 e. The highest BCUT2D eigenvalue weighted by molar-refractivity contribution is 7.99. The van der Waals surface area contributed by atoms with Gasteiger partial charge in [0.25, 0.3) is 0 Å². The average molecular weight is 452 g/mol. The average Bonchev–Trinajstić information content (AvgIpc) is 3.14. The van der Waals surface area contributed by atoms with Gasteiger partial charge in [0.15, 0.2) is 5.16 Å². The second-order valence-corrected chi connectivity index (χ2v) is 9.45. The van der Waals surface area contributed by atoms with Crippen molar-refractivity contribution in [3.05, 3.63) is 64.6 Å². The number of benzene rings is 1. The van der Waals surface area contributed by atoms with Crippen molar-refractivity contribution in [2.75, 3.05) is 11.1 Å². The van der Waals surface area contributed by atoms with Crippen molar-refractivity contribution >= 4 is 34.7 Å². The summed E-state index contributed by atoms with van der Waals surface area (Å²) in [6.07, 6.45) is 3.93. The molecule has 1 aromatic carbocycles. The molecule has 4 aromatic rings. The maximum atomic E-state index is 12.6. The van der Waals surface area contributed by atoms with E-state index in [0.717, 1.165) is 51.5 Å². The molecule has 0 radical (unpaired) electrons. The van der Waals surface area contributed by atoms with E-state index in [1.165, 1.54) is 11.8 Å². The van der Waals surface area contributed by atoms with Crippen LogP contribution in [-0.2, 0) is 11.3 Å². The third kappa shape index (κ3) is 4.72. The Bertz CT molecular complexity index is 1190. The first-order chi connectivity index (χ1) is 15.2. The normalized spacial score (nSPS) is 13.5. The first-order valence-corrected chi connectivity index (χ1v) is 11.9. The lowest BCUT2D eigenvalue weighted by Crippen LogP contribution is -2.15. The van der Waals surface area contributed by atoms with Gasteiger partial charge in [-0.05, 0) is 44.0 Å². The van der Waals surface area contributed by atoms with Crippen LogP contribution in [0.5, 0.6) is 0 Å². The van der Waals surface area contributed by atoms with Crippen LogP contribution in [0.3, 0.4) is 0 Å². The van der Waals surface area contributed by atoms with Crippen molar-refractivity contribution in [2.45, 2.75) is 37.4 Å². The predicted octanol–water partition coefficient (Wildman–Crippen LogP) is 4.96. The molecule has 0 aliphatic heterocycles. The number of amides is 1. The highest BCUT2D eigenvalue weighted by atomic mass is 32.2. The van der Waals surface area contributed by atoms with Crippen LogP contribution in [-0.4, -0.2) is 31.4 Å². The summed E-state index contributed by atoms with van der Waals surface area (Å²) in [5.74, 6) is 2.45. The predicted molar refractivity (Wildman–Crippen MR) is 121 cm³/mol. The van der Waals surface area contributed by atoms with Crippen LogP contribution in [0.1, 0.15) is 35.4 Å². The van der Waals surface area contributed by atoms with E-state index in [4.69, 9.17) is 4.42 Å². The largest absolute Gasteiger partial charge is 0.467 e. The highest BCUT2D eigenvalue weighted by Crippen LogP contribution is 2.40. The maximum absolute atomic E-state index is 12.6. The highest BCUT2D eigenvalue weighted by Gasteiger charge is 2.30. The smallest absolute Gasteiger partial charge is 0.234 e. The minimum atomic E-state index is -0.0860. The van der Waals surface area contributed by atoms with Gasteiger partial charge in [-0.25, -0.2) is 4.98 Å². The van der Waals surface area contributed by atoms with E-state index < -0.39 is 0 Å². The van der Waals surface area contributed by atoms with E-state index in [0.29, 0.717) is 12.5 Å². The summed E-state index contributed by atoms with van der Waals surface area (Å²) >= 11 is 3.00. The lowest BCUT2D eigenvalue weighted by Gasteiger charge is -2.09. The zero-order chi connectivity index (χ0) is 21.2. The van der Waals surface area contributed by atoms with Crippen LogP contribution in [0.25, 0.3) is 11.3 Å². The van der Waals surface area contributed by atoms with E-state index in [-0.39, 0.29) is 11.7 Å². The number of thiazole rings is 1. The molecule has 5 rings (SSSR count). The number of carbonyl (C=O) groups is 1. The van der Waals surface area contributed by atoms with E-state index in [2.05, 4.69) is 25.1 Å². The molecule has 1 amide bonds. The quantitative estimate of drug-likeness (QED) is 0.381. The fourth-order valence-electron chi connectivity index (χ4n) is 3.34. The second kappa shape index (κ2) is 8.68. The molecular weight excluding hydrogens is 430 g/mol. The first-order valence-electron chi connectivity index (χ1n) is 10.1. The number of aromatic nitrogens is 4. The molecule has 0 saturated heterocycles. The van der Waals surface area contributed by atoms with Gasteiger partial charge in [-0.1, -0.05) is 23.9 Å². The van der Waals surface area contributed by atoms with Crippen molar-refractivity contribution in [1.29, 1.82) is 0 Å². The molecule has 0 spiro atoms. The number of hydrogen-bond acceptors (Lipinski definition) is 7. The second-order valence-electron chi connectivity index (χ2n) is 7.45. The van der Waals surface area contributed by atoms with E-state index in [1.54, 1.807) is 17.6 Å². The van der Waals surface area contributed by atoms with E-state index in [9.17, 15) is 4.79 Å². The van der Waals surface area contributed by atoms with Gasteiger partial charge in [-0.15, -0.1) is 21.5 Å². The van der Waals surface area contributed by atoms with Crippen molar-refractivity contribution in [3.63, 3.8) is 0 Å². The molecule has 0 unspecified atom stereocenters. The Balaban J connectivity index is 1.25. The van der Waals surface area contributed by atoms with Gasteiger partial charge in [0.1, 0.15) is 11.6 Å². The molecule has 3 heterocycles. The van der Waals surface area contributed by atoms with Gasteiger partial charge in [0.05, 0.1) is 29.3 Å². The minimum absolute atomic E-state index is 0.0860. The molecule has 0 bridgehead atoms. The van der Waals surface area contributed by atoms with Crippen LogP contribution in [0.2, 0.25) is 0 Å².